The maximum Gasteiger partial charge on any atom is 0.318 e. The van der Waals surface area contributed by atoms with Crippen LogP contribution in [0.5, 0.6) is 0 Å². The van der Waals surface area contributed by atoms with Gasteiger partial charge in [-0.2, -0.15) is 4.98 Å². The lowest BCUT2D eigenvalue weighted by atomic mass is 9.84. The van der Waals surface area contributed by atoms with Crippen LogP contribution >= 0.6 is 0 Å². The van der Waals surface area contributed by atoms with Crippen molar-refractivity contribution in [3.05, 3.63) is 5.82 Å². The van der Waals surface area contributed by atoms with Gasteiger partial charge in [-0.15, -0.1) is 0 Å². The summed E-state index contributed by atoms with van der Waals surface area (Å²) in [7, 11) is 0. The van der Waals surface area contributed by atoms with Gasteiger partial charge in [-0.25, -0.2) is 0 Å². The highest BCUT2D eigenvalue weighted by Gasteiger charge is 2.34. The molecule has 5 nitrogen and oxygen atoms in total. The van der Waals surface area contributed by atoms with Gasteiger partial charge in [0.25, 0.3) is 0 Å². The highest BCUT2D eigenvalue weighted by molar-refractivity contribution is 5.14. The van der Waals surface area contributed by atoms with Gasteiger partial charge >= 0.3 is 6.01 Å². The predicted molar refractivity (Wildman–Crippen MR) is 46.1 cm³/mol. The van der Waals surface area contributed by atoms with Crippen LogP contribution < -0.4 is 5.73 Å². The molecule has 1 aliphatic heterocycles. The SMILES string of the molecule is CC1(c2noc(N)n2)CCCOC1. The van der Waals surface area contributed by atoms with Gasteiger partial charge in [0.2, 0.25) is 0 Å². The van der Waals surface area contributed by atoms with E-state index in [-0.39, 0.29) is 11.4 Å². The standard InChI is InChI=1S/C8H13N3O2/c1-8(3-2-4-12-5-8)6-10-7(9)13-11-6/h2-5H2,1H3,(H2,9,10,11). The Hall–Kier alpha value is -1.10. The maximum absolute atomic E-state index is 5.39. The second-order valence-corrected chi connectivity index (χ2v) is 3.67. The van der Waals surface area contributed by atoms with E-state index in [9.17, 15) is 0 Å². The van der Waals surface area contributed by atoms with Crippen LogP contribution in [0.25, 0.3) is 0 Å². The number of rotatable bonds is 1. The zero-order valence-electron chi connectivity index (χ0n) is 7.62. The molecule has 0 aromatic carbocycles. The summed E-state index contributed by atoms with van der Waals surface area (Å²) in [4.78, 5) is 4.03. The fraction of sp³-hybridized carbons (Fsp3) is 0.750. The summed E-state index contributed by atoms with van der Waals surface area (Å²) in [5.74, 6) is 0.657. The van der Waals surface area contributed by atoms with Crippen LogP contribution in [0.2, 0.25) is 0 Å². The van der Waals surface area contributed by atoms with Gasteiger partial charge in [0.05, 0.1) is 12.0 Å². The van der Waals surface area contributed by atoms with E-state index in [4.69, 9.17) is 15.0 Å². The third-order valence-corrected chi connectivity index (χ3v) is 2.42. The first kappa shape index (κ1) is 8.50. The van der Waals surface area contributed by atoms with E-state index < -0.39 is 0 Å². The van der Waals surface area contributed by atoms with E-state index in [0.717, 1.165) is 19.4 Å². The molecule has 0 radical (unpaired) electrons. The van der Waals surface area contributed by atoms with Gasteiger partial charge in [0.1, 0.15) is 0 Å². The molecule has 72 valence electrons. The van der Waals surface area contributed by atoms with Crippen LogP contribution in [0.1, 0.15) is 25.6 Å². The van der Waals surface area contributed by atoms with E-state index in [2.05, 4.69) is 17.1 Å². The number of aromatic nitrogens is 2. The second-order valence-electron chi connectivity index (χ2n) is 3.67. The number of nitrogens with two attached hydrogens (primary N) is 1. The Morgan fingerprint density at radius 3 is 2.92 bits per heavy atom. The molecule has 13 heavy (non-hydrogen) atoms. The van der Waals surface area contributed by atoms with Crippen LogP contribution in [-0.4, -0.2) is 23.4 Å². The normalized spacial score (nSPS) is 29.0. The third-order valence-electron chi connectivity index (χ3n) is 2.42. The molecular weight excluding hydrogens is 170 g/mol. The average Bonchev–Trinajstić information content (AvgIpc) is 2.54. The Morgan fingerprint density at radius 2 is 2.38 bits per heavy atom. The minimum absolute atomic E-state index is 0.126. The number of nitrogen functional groups attached to an aromatic ring is 1. The summed E-state index contributed by atoms with van der Waals surface area (Å²) in [6, 6.07) is 0.127. The zero-order chi connectivity index (χ0) is 9.31. The molecule has 1 aromatic heterocycles. The third kappa shape index (κ3) is 1.51. The summed E-state index contributed by atoms with van der Waals surface area (Å²) in [6.45, 7) is 3.53. The molecule has 2 N–H and O–H groups in total. The van der Waals surface area contributed by atoms with Gasteiger partial charge < -0.3 is 15.0 Å². The average molecular weight is 183 g/mol. The highest BCUT2D eigenvalue weighted by atomic mass is 16.5. The van der Waals surface area contributed by atoms with Crippen molar-refractivity contribution in [2.45, 2.75) is 25.2 Å². The number of ether oxygens (including phenoxy) is 1. The van der Waals surface area contributed by atoms with Crippen molar-refractivity contribution in [1.82, 2.24) is 10.1 Å². The lowest BCUT2D eigenvalue weighted by molar-refractivity contribution is 0.0374. The first-order chi connectivity index (χ1) is 6.21. The number of anilines is 1. The Kier molecular flexibility index (Phi) is 1.95. The maximum atomic E-state index is 5.39. The minimum Gasteiger partial charge on any atom is -0.380 e. The molecule has 0 aliphatic carbocycles. The van der Waals surface area contributed by atoms with Crippen LogP contribution in [0.3, 0.4) is 0 Å². The van der Waals surface area contributed by atoms with E-state index >= 15 is 0 Å². The van der Waals surface area contributed by atoms with Gasteiger partial charge in [-0.1, -0.05) is 12.1 Å². The zero-order valence-corrected chi connectivity index (χ0v) is 7.62. The topological polar surface area (TPSA) is 74.2 Å². The quantitative estimate of drug-likeness (QED) is 0.694. The molecule has 1 aromatic rings. The van der Waals surface area contributed by atoms with Crippen molar-refractivity contribution < 1.29 is 9.26 Å². The van der Waals surface area contributed by atoms with Gasteiger partial charge in [0.15, 0.2) is 5.82 Å². The Balaban J connectivity index is 2.22. The number of hydrogen-bond acceptors (Lipinski definition) is 5. The first-order valence-corrected chi connectivity index (χ1v) is 4.38. The minimum atomic E-state index is -0.126. The van der Waals surface area contributed by atoms with Gasteiger partial charge in [0, 0.05) is 6.61 Å². The fourth-order valence-electron chi connectivity index (χ4n) is 1.59. The molecule has 2 heterocycles. The summed E-state index contributed by atoms with van der Waals surface area (Å²) >= 11 is 0. The highest BCUT2D eigenvalue weighted by Crippen LogP contribution is 2.30. The lowest BCUT2D eigenvalue weighted by Crippen LogP contribution is -2.34. The van der Waals surface area contributed by atoms with Crippen LogP contribution in [0.15, 0.2) is 4.52 Å². The largest absolute Gasteiger partial charge is 0.380 e. The molecule has 0 amide bonds. The second kappa shape index (κ2) is 2.99. The molecule has 1 saturated heterocycles. The van der Waals surface area contributed by atoms with Crippen molar-refractivity contribution in [2.24, 2.45) is 0 Å². The molecule has 0 saturated carbocycles. The lowest BCUT2D eigenvalue weighted by Gasteiger charge is -2.29. The molecule has 2 rings (SSSR count). The Morgan fingerprint density at radius 1 is 1.54 bits per heavy atom. The van der Waals surface area contributed by atoms with Gasteiger partial charge in [-0.05, 0) is 12.8 Å². The number of hydrogen-bond donors (Lipinski definition) is 1. The molecule has 5 heteroatoms. The first-order valence-electron chi connectivity index (χ1n) is 4.38. The molecule has 1 atom stereocenters. The molecule has 0 spiro atoms. The summed E-state index contributed by atoms with van der Waals surface area (Å²) in [5.41, 5.74) is 5.24. The van der Waals surface area contributed by atoms with Crippen LogP contribution in [0.4, 0.5) is 6.01 Å². The van der Waals surface area contributed by atoms with Gasteiger partial charge in [-0.3, -0.25) is 0 Å². The van der Waals surface area contributed by atoms with E-state index in [1.54, 1.807) is 0 Å². The number of nitrogens with zero attached hydrogens (tertiary/aromatic N) is 2. The monoisotopic (exact) mass is 183 g/mol. The summed E-state index contributed by atoms with van der Waals surface area (Å²) in [6.07, 6.45) is 2.05. The smallest absolute Gasteiger partial charge is 0.318 e. The summed E-state index contributed by atoms with van der Waals surface area (Å²) in [5, 5.41) is 3.82. The van der Waals surface area contributed by atoms with Crippen molar-refractivity contribution in [1.29, 1.82) is 0 Å². The molecule has 1 aliphatic rings. The van der Waals surface area contributed by atoms with Crippen molar-refractivity contribution in [3.8, 4) is 0 Å². The fourth-order valence-corrected chi connectivity index (χ4v) is 1.59. The van der Waals surface area contributed by atoms with Crippen LogP contribution in [-0.2, 0) is 10.2 Å². The molecular formula is C8H13N3O2. The molecule has 0 bridgehead atoms. The van der Waals surface area contributed by atoms with Crippen molar-refractivity contribution >= 4 is 6.01 Å². The summed E-state index contributed by atoms with van der Waals surface area (Å²) < 4.78 is 10.1. The van der Waals surface area contributed by atoms with Crippen molar-refractivity contribution in [3.63, 3.8) is 0 Å². The van der Waals surface area contributed by atoms with E-state index in [0.29, 0.717) is 12.4 Å². The Bertz CT molecular complexity index is 291. The molecule has 1 unspecified atom stereocenters. The van der Waals surface area contributed by atoms with E-state index in [1.807, 2.05) is 0 Å². The van der Waals surface area contributed by atoms with E-state index in [1.165, 1.54) is 0 Å². The van der Waals surface area contributed by atoms with Crippen LogP contribution in [0, 0.1) is 0 Å². The molecule has 1 fully saturated rings. The predicted octanol–water partition coefficient (Wildman–Crippen LogP) is 0.720. The Labute approximate surface area is 76.3 Å². The van der Waals surface area contributed by atoms with Crippen molar-refractivity contribution in [2.75, 3.05) is 18.9 Å².